The number of aliphatic hydroxyl groups is 1. The minimum atomic E-state index is 0.0853. The molecule has 0 aliphatic rings. The van der Waals surface area contributed by atoms with Crippen molar-refractivity contribution in [3.05, 3.63) is 65.5 Å². The number of aromatic amines is 1. The summed E-state index contributed by atoms with van der Waals surface area (Å²) in [6.45, 7) is 1.65. The van der Waals surface area contributed by atoms with Crippen molar-refractivity contribution in [2.75, 3.05) is 0 Å². The highest BCUT2D eigenvalue weighted by molar-refractivity contribution is 5.79. The van der Waals surface area contributed by atoms with Crippen molar-refractivity contribution in [3.8, 4) is 0 Å². The Morgan fingerprint density at radius 3 is 2.90 bits per heavy atom. The molecule has 2 aromatic heterocycles. The molecule has 0 bridgehead atoms. The van der Waals surface area contributed by atoms with E-state index >= 15 is 0 Å². The lowest BCUT2D eigenvalue weighted by molar-refractivity contribution is 0.281. The molecule has 20 heavy (non-hydrogen) atoms. The molecule has 4 nitrogen and oxygen atoms in total. The quantitative estimate of drug-likeness (QED) is 0.665. The first-order valence-electron chi connectivity index (χ1n) is 6.67. The Balaban J connectivity index is 1.65. The lowest BCUT2D eigenvalue weighted by Crippen LogP contribution is -2.12. The van der Waals surface area contributed by atoms with Gasteiger partial charge in [0.05, 0.1) is 6.61 Å². The Morgan fingerprint density at radius 1 is 1.10 bits per heavy atom. The number of pyridine rings is 1. The van der Waals surface area contributed by atoms with E-state index in [-0.39, 0.29) is 6.61 Å². The van der Waals surface area contributed by atoms with Crippen LogP contribution in [-0.4, -0.2) is 15.1 Å². The molecule has 1 aromatic carbocycles. The molecule has 0 atom stereocenters. The number of nitrogens with zero attached hydrogens (tertiary/aromatic N) is 1. The SMILES string of the molecule is OCc1cccc(CNCc2c[nH]c3ncccc23)c1. The summed E-state index contributed by atoms with van der Waals surface area (Å²) in [5.41, 5.74) is 4.26. The second-order valence-corrected chi connectivity index (χ2v) is 4.80. The van der Waals surface area contributed by atoms with Gasteiger partial charge in [-0.15, -0.1) is 0 Å². The van der Waals surface area contributed by atoms with Gasteiger partial charge in [0, 0.05) is 30.9 Å². The molecule has 0 amide bonds. The number of rotatable bonds is 5. The van der Waals surface area contributed by atoms with Gasteiger partial charge in [-0.2, -0.15) is 0 Å². The number of hydrogen-bond acceptors (Lipinski definition) is 3. The van der Waals surface area contributed by atoms with E-state index < -0.39 is 0 Å². The highest BCUT2D eigenvalue weighted by Gasteiger charge is 2.03. The highest BCUT2D eigenvalue weighted by Crippen LogP contribution is 2.15. The van der Waals surface area contributed by atoms with Gasteiger partial charge in [-0.05, 0) is 28.8 Å². The summed E-state index contributed by atoms with van der Waals surface area (Å²) >= 11 is 0. The molecule has 0 saturated carbocycles. The van der Waals surface area contributed by atoms with E-state index in [0.717, 1.165) is 29.7 Å². The smallest absolute Gasteiger partial charge is 0.137 e. The number of H-pyrrole nitrogens is 1. The van der Waals surface area contributed by atoms with E-state index in [0.29, 0.717) is 0 Å². The van der Waals surface area contributed by atoms with Gasteiger partial charge in [0.15, 0.2) is 0 Å². The monoisotopic (exact) mass is 267 g/mol. The van der Waals surface area contributed by atoms with Crippen LogP contribution >= 0.6 is 0 Å². The maximum Gasteiger partial charge on any atom is 0.137 e. The summed E-state index contributed by atoms with van der Waals surface area (Å²) in [5, 5.41) is 13.7. The molecular formula is C16H17N3O. The Bertz CT molecular complexity index is 706. The predicted octanol–water partition coefficient (Wildman–Crippen LogP) is 2.34. The van der Waals surface area contributed by atoms with Crippen molar-refractivity contribution in [2.24, 2.45) is 0 Å². The molecule has 4 heteroatoms. The van der Waals surface area contributed by atoms with Gasteiger partial charge in [-0.1, -0.05) is 24.3 Å². The molecule has 0 spiro atoms. The predicted molar refractivity (Wildman–Crippen MR) is 79.0 cm³/mol. The normalized spacial score (nSPS) is 11.1. The highest BCUT2D eigenvalue weighted by atomic mass is 16.3. The summed E-state index contributed by atoms with van der Waals surface area (Å²) < 4.78 is 0. The summed E-state index contributed by atoms with van der Waals surface area (Å²) in [6.07, 6.45) is 3.78. The van der Waals surface area contributed by atoms with E-state index in [1.807, 2.05) is 30.5 Å². The molecular weight excluding hydrogens is 250 g/mol. The largest absolute Gasteiger partial charge is 0.392 e. The fourth-order valence-corrected chi connectivity index (χ4v) is 2.34. The van der Waals surface area contributed by atoms with Gasteiger partial charge in [-0.3, -0.25) is 0 Å². The molecule has 3 aromatic rings. The van der Waals surface area contributed by atoms with Crippen LogP contribution in [0.25, 0.3) is 11.0 Å². The summed E-state index contributed by atoms with van der Waals surface area (Å²) in [6, 6.07) is 12.0. The maximum absolute atomic E-state index is 9.12. The third kappa shape index (κ3) is 2.71. The molecule has 0 saturated heterocycles. The zero-order valence-electron chi connectivity index (χ0n) is 11.1. The van der Waals surface area contributed by atoms with Crippen molar-refractivity contribution in [3.63, 3.8) is 0 Å². The molecule has 0 radical (unpaired) electrons. The van der Waals surface area contributed by atoms with E-state index in [1.165, 1.54) is 11.1 Å². The van der Waals surface area contributed by atoms with Crippen molar-refractivity contribution in [2.45, 2.75) is 19.7 Å². The summed E-state index contributed by atoms with van der Waals surface area (Å²) in [7, 11) is 0. The van der Waals surface area contributed by atoms with Gasteiger partial charge >= 0.3 is 0 Å². The van der Waals surface area contributed by atoms with Crippen LogP contribution in [0.15, 0.2) is 48.8 Å². The van der Waals surface area contributed by atoms with Gasteiger partial charge in [-0.25, -0.2) is 4.98 Å². The van der Waals surface area contributed by atoms with Gasteiger partial charge in [0.2, 0.25) is 0 Å². The second-order valence-electron chi connectivity index (χ2n) is 4.80. The number of benzene rings is 1. The fourth-order valence-electron chi connectivity index (χ4n) is 2.34. The number of aromatic nitrogens is 2. The number of fused-ring (bicyclic) bond motifs is 1. The third-order valence-electron chi connectivity index (χ3n) is 3.36. The first kappa shape index (κ1) is 12.8. The van der Waals surface area contributed by atoms with Gasteiger partial charge < -0.3 is 15.4 Å². The van der Waals surface area contributed by atoms with E-state index in [4.69, 9.17) is 5.11 Å². The zero-order valence-corrected chi connectivity index (χ0v) is 11.1. The lowest BCUT2D eigenvalue weighted by Gasteiger charge is -2.05. The van der Waals surface area contributed by atoms with Crippen LogP contribution in [0.2, 0.25) is 0 Å². The lowest BCUT2D eigenvalue weighted by atomic mass is 10.1. The van der Waals surface area contributed by atoms with Crippen LogP contribution in [0.3, 0.4) is 0 Å². The molecule has 0 aliphatic carbocycles. The Labute approximate surface area is 117 Å². The van der Waals surface area contributed by atoms with Crippen LogP contribution in [0.4, 0.5) is 0 Å². The van der Waals surface area contributed by atoms with E-state index in [1.54, 1.807) is 6.20 Å². The average Bonchev–Trinajstić information content (AvgIpc) is 2.91. The maximum atomic E-state index is 9.12. The zero-order chi connectivity index (χ0) is 13.8. The Kier molecular flexibility index (Phi) is 3.76. The first-order valence-corrected chi connectivity index (χ1v) is 6.67. The Morgan fingerprint density at radius 2 is 2.00 bits per heavy atom. The molecule has 0 fully saturated rings. The van der Waals surface area contributed by atoms with Crippen LogP contribution in [-0.2, 0) is 19.7 Å². The number of hydrogen-bond donors (Lipinski definition) is 3. The number of aliphatic hydroxyl groups excluding tert-OH is 1. The van der Waals surface area contributed by atoms with Crippen LogP contribution in [0.1, 0.15) is 16.7 Å². The first-order chi connectivity index (χ1) is 9.86. The van der Waals surface area contributed by atoms with E-state index in [2.05, 4.69) is 27.4 Å². The van der Waals surface area contributed by atoms with Crippen molar-refractivity contribution in [1.82, 2.24) is 15.3 Å². The fraction of sp³-hybridized carbons (Fsp3) is 0.188. The molecule has 0 unspecified atom stereocenters. The molecule has 0 aliphatic heterocycles. The molecule has 3 N–H and O–H groups in total. The van der Waals surface area contributed by atoms with E-state index in [9.17, 15) is 0 Å². The Hall–Kier alpha value is -2.17. The van der Waals surface area contributed by atoms with Crippen LogP contribution in [0.5, 0.6) is 0 Å². The minimum Gasteiger partial charge on any atom is -0.392 e. The van der Waals surface area contributed by atoms with Crippen molar-refractivity contribution < 1.29 is 5.11 Å². The molecule has 2 heterocycles. The van der Waals surface area contributed by atoms with Crippen LogP contribution in [0, 0.1) is 0 Å². The number of nitrogens with one attached hydrogen (secondary N) is 2. The van der Waals surface area contributed by atoms with Gasteiger partial charge in [0.25, 0.3) is 0 Å². The standard InChI is InChI=1S/C16H17N3O/c20-11-13-4-1-3-12(7-13)8-17-9-14-10-19-16-15(14)5-2-6-18-16/h1-7,10,17,20H,8-9,11H2,(H,18,19). The second kappa shape index (κ2) is 5.86. The summed E-state index contributed by atoms with van der Waals surface area (Å²) in [5.74, 6) is 0. The van der Waals surface area contributed by atoms with Crippen LogP contribution < -0.4 is 5.32 Å². The van der Waals surface area contributed by atoms with Crippen molar-refractivity contribution >= 4 is 11.0 Å². The molecule has 3 rings (SSSR count). The minimum absolute atomic E-state index is 0.0853. The van der Waals surface area contributed by atoms with Crippen molar-refractivity contribution in [1.29, 1.82) is 0 Å². The topological polar surface area (TPSA) is 60.9 Å². The third-order valence-corrected chi connectivity index (χ3v) is 3.36. The van der Waals surface area contributed by atoms with Gasteiger partial charge in [0.1, 0.15) is 5.65 Å². The summed E-state index contributed by atoms with van der Waals surface area (Å²) in [4.78, 5) is 7.45. The molecule has 102 valence electrons. The average molecular weight is 267 g/mol.